The van der Waals surface area contributed by atoms with Gasteiger partial charge in [-0.1, -0.05) is 42.5 Å². The van der Waals surface area contributed by atoms with Crippen molar-refractivity contribution in [1.82, 2.24) is 4.90 Å². The van der Waals surface area contributed by atoms with Gasteiger partial charge < -0.3 is 9.84 Å². The molecule has 0 spiro atoms. The molecule has 5 heteroatoms. The molecule has 0 saturated carbocycles. The topological polar surface area (TPSA) is 49.8 Å². The minimum Gasteiger partial charge on any atom is -0.462 e. The average Bonchev–Trinajstić information content (AvgIpc) is 2.69. The van der Waals surface area contributed by atoms with Crippen molar-refractivity contribution in [3.63, 3.8) is 0 Å². The molecule has 0 saturated heterocycles. The van der Waals surface area contributed by atoms with Crippen molar-refractivity contribution in [2.75, 3.05) is 26.3 Å². The Kier molecular flexibility index (Phi) is 9.24. The Balaban J connectivity index is 1.71. The van der Waals surface area contributed by atoms with Gasteiger partial charge in [-0.25, -0.2) is 9.18 Å². The summed E-state index contributed by atoms with van der Waals surface area (Å²) in [5.41, 5.74) is 1.96. The fraction of sp³-hybridized carbons (Fsp3) is 0.318. The molecule has 0 atom stereocenters. The fourth-order valence-corrected chi connectivity index (χ4v) is 2.65. The minimum absolute atomic E-state index is 0.161. The highest BCUT2D eigenvalue weighted by Crippen LogP contribution is 2.07. The van der Waals surface area contributed by atoms with Crippen LogP contribution in [0.1, 0.15) is 24.0 Å². The Labute approximate surface area is 159 Å². The lowest BCUT2D eigenvalue weighted by Crippen LogP contribution is -2.27. The molecule has 0 fully saturated rings. The van der Waals surface area contributed by atoms with Gasteiger partial charge in [-0.15, -0.1) is 0 Å². The summed E-state index contributed by atoms with van der Waals surface area (Å²) in [6.45, 7) is 2.87. The van der Waals surface area contributed by atoms with E-state index >= 15 is 0 Å². The molecule has 0 amide bonds. The summed E-state index contributed by atoms with van der Waals surface area (Å²) in [5, 5.41) is 9.07. The highest BCUT2D eigenvalue weighted by atomic mass is 19.1. The lowest BCUT2D eigenvalue weighted by atomic mass is 10.2. The quantitative estimate of drug-likeness (QED) is 0.372. The van der Waals surface area contributed by atoms with Gasteiger partial charge in [0, 0.05) is 32.3 Å². The smallest absolute Gasteiger partial charge is 0.330 e. The van der Waals surface area contributed by atoms with Crippen LogP contribution in [0.5, 0.6) is 0 Å². The van der Waals surface area contributed by atoms with Crippen LogP contribution in [0, 0.1) is 5.82 Å². The van der Waals surface area contributed by atoms with Crippen molar-refractivity contribution in [3.05, 3.63) is 77.6 Å². The monoisotopic (exact) mass is 371 g/mol. The van der Waals surface area contributed by atoms with Crippen molar-refractivity contribution < 1.29 is 19.0 Å². The van der Waals surface area contributed by atoms with Crippen molar-refractivity contribution in [3.8, 4) is 0 Å². The maximum Gasteiger partial charge on any atom is 0.330 e. The average molecular weight is 371 g/mol. The van der Waals surface area contributed by atoms with Crippen LogP contribution in [0.15, 0.2) is 60.7 Å². The third-order valence-electron chi connectivity index (χ3n) is 4.03. The number of carbonyl (C=O) groups excluding carboxylic acids is 1. The molecule has 4 nitrogen and oxygen atoms in total. The molecule has 0 aliphatic heterocycles. The molecule has 0 bridgehead atoms. The van der Waals surface area contributed by atoms with Gasteiger partial charge in [0.15, 0.2) is 0 Å². The molecule has 144 valence electrons. The number of ether oxygens (including phenoxy) is 1. The molecule has 2 aromatic carbocycles. The first-order chi connectivity index (χ1) is 13.2. The van der Waals surface area contributed by atoms with E-state index < -0.39 is 5.97 Å². The van der Waals surface area contributed by atoms with Gasteiger partial charge in [0.2, 0.25) is 0 Å². The van der Waals surface area contributed by atoms with E-state index in [-0.39, 0.29) is 12.4 Å². The normalized spacial score (nSPS) is 11.2. The summed E-state index contributed by atoms with van der Waals surface area (Å²) in [5.74, 6) is -0.722. The molecule has 0 unspecified atom stereocenters. The summed E-state index contributed by atoms with van der Waals surface area (Å²) in [6.07, 6.45) is 4.38. The molecule has 0 heterocycles. The number of aliphatic hydroxyl groups excluding tert-OH is 1. The predicted molar refractivity (Wildman–Crippen MR) is 104 cm³/mol. The first-order valence-electron chi connectivity index (χ1n) is 9.15. The van der Waals surface area contributed by atoms with E-state index in [0.717, 1.165) is 25.2 Å². The SMILES string of the molecule is O=C(C=Cc1ccc(F)cc1)OCCCN(CCCO)Cc1ccccc1. The van der Waals surface area contributed by atoms with Crippen molar-refractivity contribution in [2.24, 2.45) is 0 Å². The minimum atomic E-state index is -0.413. The Morgan fingerprint density at radius 2 is 1.74 bits per heavy atom. The molecule has 0 aliphatic rings. The van der Waals surface area contributed by atoms with E-state index in [1.165, 1.54) is 23.8 Å². The molecular weight excluding hydrogens is 345 g/mol. The van der Waals surface area contributed by atoms with E-state index in [1.54, 1.807) is 18.2 Å². The molecule has 2 aromatic rings. The van der Waals surface area contributed by atoms with Crippen molar-refractivity contribution in [2.45, 2.75) is 19.4 Å². The van der Waals surface area contributed by atoms with Crippen LogP contribution >= 0.6 is 0 Å². The highest BCUT2D eigenvalue weighted by molar-refractivity contribution is 5.86. The zero-order valence-corrected chi connectivity index (χ0v) is 15.4. The first-order valence-corrected chi connectivity index (χ1v) is 9.15. The lowest BCUT2D eigenvalue weighted by Gasteiger charge is -2.22. The Bertz CT molecular complexity index is 701. The highest BCUT2D eigenvalue weighted by Gasteiger charge is 2.06. The summed E-state index contributed by atoms with van der Waals surface area (Å²) >= 11 is 0. The number of carbonyl (C=O) groups is 1. The predicted octanol–water partition coefficient (Wildman–Crippen LogP) is 3.66. The molecule has 27 heavy (non-hydrogen) atoms. The van der Waals surface area contributed by atoms with Crippen LogP contribution in [-0.4, -0.2) is 42.3 Å². The summed E-state index contributed by atoms with van der Waals surface area (Å²) < 4.78 is 18.1. The van der Waals surface area contributed by atoms with Gasteiger partial charge in [-0.05, 0) is 42.2 Å². The summed E-state index contributed by atoms with van der Waals surface area (Å²) in [6, 6.07) is 16.0. The standard InChI is InChI=1S/C22H26FNO3/c23-21-11-8-19(9-12-21)10-13-22(26)27-17-5-15-24(14-4-16-25)18-20-6-2-1-3-7-20/h1-3,6-13,25H,4-5,14-18H2. The second kappa shape index (κ2) is 12.0. The van der Waals surface area contributed by atoms with Gasteiger partial charge in [-0.2, -0.15) is 0 Å². The Morgan fingerprint density at radius 1 is 1.04 bits per heavy atom. The third-order valence-corrected chi connectivity index (χ3v) is 4.03. The van der Waals surface area contributed by atoms with Crippen molar-refractivity contribution in [1.29, 1.82) is 0 Å². The molecule has 2 rings (SSSR count). The zero-order chi connectivity index (χ0) is 19.3. The molecule has 1 N–H and O–H groups in total. The van der Waals surface area contributed by atoms with E-state index in [9.17, 15) is 9.18 Å². The van der Waals surface area contributed by atoms with E-state index in [1.807, 2.05) is 18.2 Å². The van der Waals surface area contributed by atoms with Gasteiger partial charge in [0.25, 0.3) is 0 Å². The van der Waals surface area contributed by atoms with Crippen LogP contribution in [0.2, 0.25) is 0 Å². The lowest BCUT2D eigenvalue weighted by molar-refractivity contribution is -0.137. The number of aliphatic hydroxyl groups is 1. The van der Waals surface area contributed by atoms with E-state index in [4.69, 9.17) is 9.84 Å². The number of hydrogen-bond donors (Lipinski definition) is 1. The van der Waals surface area contributed by atoms with Crippen LogP contribution < -0.4 is 0 Å². The van der Waals surface area contributed by atoms with Crippen LogP contribution in [0.4, 0.5) is 4.39 Å². The Hall–Kier alpha value is -2.50. The maximum atomic E-state index is 12.8. The number of halogens is 1. The van der Waals surface area contributed by atoms with Crippen LogP contribution in [0.3, 0.4) is 0 Å². The second-order valence-corrected chi connectivity index (χ2v) is 6.24. The van der Waals surface area contributed by atoms with Crippen LogP contribution in [-0.2, 0) is 16.1 Å². The molecule has 0 aliphatic carbocycles. The van der Waals surface area contributed by atoms with Gasteiger partial charge in [0.1, 0.15) is 5.82 Å². The fourth-order valence-electron chi connectivity index (χ4n) is 2.65. The largest absolute Gasteiger partial charge is 0.462 e. The zero-order valence-electron chi connectivity index (χ0n) is 15.4. The van der Waals surface area contributed by atoms with E-state index in [2.05, 4.69) is 17.0 Å². The number of benzene rings is 2. The van der Waals surface area contributed by atoms with Gasteiger partial charge >= 0.3 is 5.97 Å². The Morgan fingerprint density at radius 3 is 2.44 bits per heavy atom. The second-order valence-electron chi connectivity index (χ2n) is 6.24. The first kappa shape index (κ1) is 20.8. The number of nitrogens with zero attached hydrogens (tertiary/aromatic N) is 1. The summed E-state index contributed by atoms with van der Waals surface area (Å²) in [7, 11) is 0. The van der Waals surface area contributed by atoms with Crippen molar-refractivity contribution >= 4 is 12.0 Å². The molecular formula is C22H26FNO3. The number of rotatable bonds is 11. The van der Waals surface area contributed by atoms with Gasteiger partial charge in [-0.3, -0.25) is 4.90 Å². The van der Waals surface area contributed by atoms with Crippen LogP contribution in [0.25, 0.3) is 6.08 Å². The number of hydrogen-bond acceptors (Lipinski definition) is 4. The number of esters is 1. The van der Waals surface area contributed by atoms with Gasteiger partial charge in [0.05, 0.1) is 6.61 Å². The summed E-state index contributed by atoms with van der Waals surface area (Å²) in [4.78, 5) is 14.0. The third kappa shape index (κ3) is 8.62. The van der Waals surface area contributed by atoms with E-state index in [0.29, 0.717) is 19.4 Å². The molecule has 0 radical (unpaired) electrons. The maximum absolute atomic E-state index is 12.8. The molecule has 0 aromatic heterocycles.